The van der Waals surface area contributed by atoms with Gasteiger partial charge in [-0.1, -0.05) is 139 Å². The SMILES string of the molecule is CC/C=C\C/C=C\C/C=C\C/C=C\CCCCCCCCC(=O)O[C@@H](COCC(C[N+](C)(C)C)C(=O)O)COC(=O)CCCCCCC/C=C\CCCCCC. The lowest BCUT2D eigenvalue weighted by molar-refractivity contribution is -0.872. The minimum absolute atomic E-state index is 0.0100. The molecule has 8 nitrogen and oxygen atoms in total. The zero-order chi connectivity index (χ0) is 41.4. The van der Waals surface area contributed by atoms with Crippen LogP contribution in [0.1, 0.15) is 168 Å². The number of carbonyl (C=O) groups is 3. The number of esters is 2. The Morgan fingerprint density at radius 3 is 1.48 bits per heavy atom. The molecule has 8 heteroatoms. The molecule has 0 amide bonds. The van der Waals surface area contributed by atoms with Crippen LogP contribution >= 0.6 is 0 Å². The molecule has 56 heavy (non-hydrogen) atoms. The Labute approximate surface area is 343 Å². The van der Waals surface area contributed by atoms with Gasteiger partial charge in [0.05, 0.1) is 40.9 Å². The Bertz CT molecular complexity index is 1100. The largest absolute Gasteiger partial charge is 0.481 e. The van der Waals surface area contributed by atoms with E-state index in [-0.39, 0.29) is 31.8 Å². The van der Waals surface area contributed by atoms with Crippen molar-refractivity contribution in [1.82, 2.24) is 0 Å². The van der Waals surface area contributed by atoms with Gasteiger partial charge in [-0.3, -0.25) is 14.4 Å². The van der Waals surface area contributed by atoms with Gasteiger partial charge in [-0.25, -0.2) is 0 Å². The van der Waals surface area contributed by atoms with Crippen molar-refractivity contribution in [2.24, 2.45) is 5.92 Å². The first-order valence-electron chi connectivity index (χ1n) is 22.3. The summed E-state index contributed by atoms with van der Waals surface area (Å²) in [5.41, 5.74) is 0. The normalized spacial score (nSPS) is 13.5. The molecule has 0 spiro atoms. The lowest BCUT2D eigenvalue weighted by Crippen LogP contribution is -2.43. The molecule has 0 heterocycles. The van der Waals surface area contributed by atoms with Crippen LogP contribution < -0.4 is 0 Å². The molecule has 0 saturated carbocycles. The summed E-state index contributed by atoms with van der Waals surface area (Å²) in [4.78, 5) is 37.1. The van der Waals surface area contributed by atoms with Gasteiger partial charge in [0, 0.05) is 12.8 Å². The molecule has 1 N–H and O–H groups in total. The second-order valence-electron chi connectivity index (χ2n) is 16.1. The summed E-state index contributed by atoms with van der Waals surface area (Å²) in [7, 11) is 5.80. The third-order valence-electron chi connectivity index (χ3n) is 9.33. The maximum Gasteiger partial charge on any atom is 0.314 e. The minimum atomic E-state index is -0.929. The standard InChI is InChI=1S/C48H83NO7/c1-6-8-10-12-14-16-18-20-21-22-23-24-25-27-29-31-33-35-37-39-47(51)56-45(42-54-41-44(48(52)53)40-49(3,4)5)43-55-46(50)38-36-34-32-30-28-26-19-17-15-13-11-9-7-2/h8,10,14,16-17,19-21,23-24,44-45H,6-7,9,11-13,15,18,22,25-43H2,1-5H3/p+1/b10-8-,16-14-,19-17-,21-20-,24-23-/t44?,45-/m0/s1. The molecule has 0 aliphatic carbocycles. The van der Waals surface area contributed by atoms with Crippen LogP contribution in [0.25, 0.3) is 0 Å². The van der Waals surface area contributed by atoms with Crippen molar-refractivity contribution >= 4 is 17.9 Å². The average molecular weight is 787 g/mol. The van der Waals surface area contributed by atoms with Gasteiger partial charge in [-0.2, -0.15) is 0 Å². The number of carboxylic acids is 1. The summed E-state index contributed by atoms with van der Waals surface area (Å²) < 4.78 is 17.4. The van der Waals surface area contributed by atoms with Crippen LogP contribution in [0.4, 0.5) is 0 Å². The van der Waals surface area contributed by atoms with Crippen molar-refractivity contribution < 1.29 is 38.2 Å². The molecule has 1 unspecified atom stereocenters. The summed E-state index contributed by atoms with van der Waals surface area (Å²) in [6.45, 7) is 4.66. The molecule has 0 aliphatic heterocycles. The Hall–Kier alpha value is -2.97. The predicted octanol–water partition coefficient (Wildman–Crippen LogP) is 12.0. The quantitative estimate of drug-likeness (QED) is 0.0287. The van der Waals surface area contributed by atoms with Crippen LogP contribution in [-0.2, 0) is 28.6 Å². The molecule has 2 atom stereocenters. The van der Waals surface area contributed by atoms with E-state index in [1.165, 1.54) is 51.4 Å². The molecule has 0 aromatic carbocycles. The fourth-order valence-corrected chi connectivity index (χ4v) is 6.15. The first-order chi connectivity index (χ1) is 27.1. The van der Waals surface area contributed by atoms with E-state index in [0.717, 1.165) is 89.9 Å². The second kappa shape index (κ2) is 38.9. The minimum Gasteiger partial charge on any atom is -0.481 e. The number of quaternary nitrogens is 1. The van der Waals surface area contributed by atoms with Gasteiger partial charge >= 0.3 is 17.9 Å². The van der Waals surface area contributed by atoms with E-state index in [9.17, 15) is 19.5 Å². The van der Waals surface area contributed by atoms with E-state index in [0.29, 0.717) is 23.9 Å². The van der Waals surface area contributed by atoms with E-state index in [1.807, 2.05) is 21.1 Å². The van der Waals surface area contributed by atoms with E-state index in [2.05, 4.69) is 74.6 Å². The number of allylic oxidation sites excluding steroid dienone is 10. The van der Waals surface area contributed by atoms with Crippen LogP contribution in [0.3, 0.4) is 0 Å². The highest BCUT2D eigenvalue weighted by atomic mass is 16.6. The number of rotatable bonds is 39. The lowest BCUT2D eigenvalue weighted by Gasteiger charge is -2.27. The van der Waals surface area contributed by atoms with E-state index in [4.69, 9.17) is 14.2 Å². The van der Waals surface area contributed by atoms with E-state index in [1.54, 1.807) is 0 Å². The maximum atomic E-state index is 12.7. The van der Waals surface area contributed by atoms with Gasteiger partial charge in [-0.05, 0) is 77.0 Å². The zero-order valence-corrected chi connectivity index (χ0v) is 36.6. The Morgan fingerprint density at radius 1 is 0.536 bits per heavy atom. The molecule has 0 saturated heterocycles. The van der Waals surface area contributed by atoms with Crippen molar-refractivity contribution in [2.45, 2.75) is 174 Å². The van der Waals surface area contributed by atoms with E-state index < -0.39 is 18.0 Å². The molecule has 0 aromatic heterocycles. The van der Waals surface area contributed by atoms with Crippen molar-refractivity contribution in [1.29, 1.82) is 0 Å². The van der Waals surface area contributed by atoms with Gasteiger partial charge in [0.25, 0.3) is 0 Å². The average Bonchev–Trinajstić information content (AvgIpc) is 3.15. The predicted molar refractivity (Wildman–Crippen MR) is 234 cm³/mol. The lowest BCUT2D eigenvalue weighted by atomic mass is 10.1. The molecular formula is C48H84NO7+. The molecule has 0 rings (SSSR count). The first kappa shape index (κ1) is 53.0. The van der Waals surface area contributed by atoms with Gasteiger partial charge in [0.15, 0.2) is 6.10 Å². The van der Waals surface area contributed by atoms with Crippen LogP contribution in [0.15, 0.2) is 60.8 Å². The molecule has 0 radical (unpaired) electrons. The summed E-state index contributed by atoms with van der Waals surface area (Å²) >= 11 is 0. The summed E-state index contributed by atoms with van der Waals surface area (Å²) in [6, 6.07) is 0. The number of ether oxygens (including phenoxy) is 3. The number of hydrogen-bond donors (Lipinski definition) is 1. The third kappa shape index (κ3) is 39.3. The van der Waals surface area contributed by atoms with Crippen molar-refractivity contribution in [3.05, 3.63) is 60.8 Å². The van der Waals surface area contributed by atoms with Gasteiger partial charge in [0.1, 0.15) is 12.5 Å². The fraction of sp³-hybridized carbons (Fsp3) is 0.729. The molecule has 0 aromatic rings. The van der Waals surface area contributed by atoms with Crippen LogP contribution in [-0.4, -0.2) is 81.1 Å². The zero-order valence-electron chi connectivity index (χ0n) is 36.6. The fourth-order valence-electron chi connectivity index (χ4n) is 6.15. The smallest absolute Gasteiger partial charge is 0.314 e. The monoisotopic (exact) mass is 787 g/mol. The number of nitrogens with zero attached hydrogens (tertiary/aromatic N) is 1. The highest BCUT2D eigenvalue weighted by Crippen LogP contribution is 2.13. The second-order valence-corrected chi connectivity index (χ2v) is 16.1. The molecular weight excluding hydrogens is 703 g/mol. The molecule has 0 aliphatic rings. The number of aliphatic carboxylic acids is 1. The van der Waals surface area contributed by atoms with E-state index >= 15 is 0 Å². The van der Waals surface area contributed by atoms with Crippen LogP contribution in [0.5, 0.6) is 0 Å². The van der Waals surface area contributed by atoms with Crippen molar-refractivity contribution in [3.63, 3.8) is 0 Å². The first-order valence-corrected chi connectivity index (χ1v) is 22.3. The Kier molecular flexibility index (Phi) is 36.8. The molecule has 322 valence electrons. The number of unbranched alkanes of at least 4 members (excludes halogenated alkanes) is 15. The number of carboxylic acid groups (broad SMARTS) is 1. The summed E-state index contributed by atoms with van der Waals surface area (Å²) in [5.74, 6) is -2.29. The van der Waals surface area contributed by atoms with Gasteiger partial charge in [-0.15, -0.1) is 0 Å². The van der Waals surface area contributed by atoms with Crippen molar-refractivity contribution in [3.8, 4) is 0 Å². The summed E-state index contributed by atoms with van der Waals surface area (Å²) in [6.07, 6.45) is 46.3. The van der Waals surface area contributed by atoms with Gasteiger partial charge in [0.2, 0.25) is 0 Å². The molecule has 0 fully saturated rings. The van der Waals surface area contributed by atoms with Gasteiger partial charge < -0.3 is 23.8 Å². The van der Waals surface area contributed by atoms with Crippen LogP contribution in [0, 0.1) is 5.92 Å². The topological polar surface area (TPSA) is 99.1 Å². The number of hydrogen-bond acceptors (Lipinski definition) is 6. The highest BCUT2D eigenvalue weighted by molar-refractivity contribution is 5.70. The highest BCUT2D eigenvalue weighted by Gasteiger charge is 2.26. The maximum absolute atomic E-state index is 12.7. The Morgan fingerprint density at radius 2 is 0.982 bits per heavy atom. The Balaban J connectivity index is 4.41. The van der Waals surface area contributed by atoms with Crippen LogP contribution in [0.2, 0.25) is 0 Å². The summed E-state index contributed by atoms with van der Waals surface area (Å²) in [5, 5.41) is 9.67. The number of carbonyl (C=O) groups excluding carboxylic acids is 2. The van der Waals surface area contributed by atoms with Crippen molar-refractivity contribution in [2.75, 3.05) is 47.5 Å². The third-order valence-corrected chi connectivity index (χ3v) is 9.33. The molecule has 0 bridgehead atoms.